The lowest BCUT2D eigenvalue weighted by molar-refractivity contribution is -0.440. The Morgan fingerprint density at radius 3 is 1.44 bits per heavy atom. The highest BCUT2D eigenvalue weighted by molar-refractivity contribution is 9.10. The van der Waals surface area contributed by atoms with Crippen LogP contribution in [0, 0.1) is 0 Å². The first-order valence-corrected chi connectivity index (χ1v) is 7.32. The number of alkyl halides is 14. The van der Waals surface area contributed by atoms with Gasteiger partial charge in [0.05, 0.1) is 19.8 Å². The lowest BCUT2D eigenvalue weighted by Gasteiger charge is -2.40. The summed E-state index contributed by atoms with van der Waals surface area (Å²) in [7, 11) is 0. The first-order chi connectivity index (χ1) is 11.7. The zero-order chi connectivity index (χ0) is 21.7. The van der Waals surface area contributed by atoms with Gasteiger partial charge in [0.15, 0.2) is 4.51 Å². The zero-order valence-electron chi connectivity index (χ0n) is 12.4. The zero-order valence-corrected chi connectivity index (χ0v) is 14.0. The maximum Gasteiger partial charge on any atom is 0.460 e. The molecular formula is C11H8BrF13O2. The lowest BCUT2D eigenvalue weighted by atomic mass is 9.93. The second-order valence-electron chi connectivity index (χ2n) is 5.47. The molecule has 0 atom stereocenters. The molecule has 1 saturated heterocycles. The Morgan fingerprint density at radius 1 is 0.704 bits per heavy atom. The molecule has 1 fully saturated rings. The first kappa shape index (κ1) is 24.5. The van der Waals surface area contributed by atoms with Gasteiger partial charge in [-0.05, 0) is 15.9 Å². The molecule has 162 valence electrons. The van der Waals surface area contributed by atoms with Crippen LogP contribution in [0.3, 0.4) is 0 Å². The standard InChI is InChI=1S/C11H8BrF13O2/c12-5(3-26-4-5)27-2-1-6(13,14)7(15,16)8(17,18)9(19,20)10(21,22)11(23,24)25/h1-4H2. The SMILES string of the molecule is FC(F)(F)C(F)(F)C(F)(F)C(F)(F)C(F)(F)C(F)(F)CCOC1(Br)COC1. The van der Waals surface area contributed by atoms with Crippen molar-refractivity contribution in [3.05, 3.63) is 0 Å². The van der Waals surface area contributed by atoms with Gasteiger partial charge >= 0.3 is 35.8 Å². The summed E-state index contributed by atoms with van der Waals surface area (Å²) in [6.45, 7) is -2.02. The number of ether oxygens (including phenoxy) is 2. The highest BCUT2D eigenvalue weighted by Crippen LogP contribution is 2.60. The van der Waals surface area contributed by atoms with Crippen molar-refractivity contribution >= 4 is 15.9 Å². The minimum absolute atomic E-state index is 0.277. The first-order valence-electron chi connectivity index (χ1n) is 6.53. The molecule has 1 aliphatic heterocycles. The van der Waals surface area contributed by atoms with E-state index in [0.29, 0.717) is 0 Å². The van der Waals surface area contributed by atoms with Crippen molar-refractivity contribution in [2.24, 2.45) is 0 Å². The molecule has 0 aliphatic carbocycles. The fourth-order valence-electron chi connectivity index (χ4n) is 1.67. The molecule has 16 heteroatoms. The summed E-state index contributed by atoms with van der Waals surface area (Å²) < 4.78 is 174. The normalized spacial score (nSPS) is 19.8. The third-order valence-corrected chi connectivity index (χ3v) is 4.10. The Balaban J connectivity index is 3.09. The Hall–Kier alpha value is -0.510. The van der Waals surface area contributed by atoms with E-state index in [0.717, 1.165) is 0 Å². The average molecular weight is 499 g/mol. The van der Waals surface area contributed by atoms with E-state index in [1.807, 2.05) is 0 Å². The van der Waals surface area contributed by atoms with Crippen molar-refractivity contribution in [3.63, 3.8) is 0 Å². The monoisotopic (exact) mass is 498 g/mol. The van der Waals surface area contributed by atoms with E-state index in [-0.39, 0.29) is 13.2 Å². The third kappa shape index (κ3) is 3.84. The minimum Gasteiger partial charge on any atom is -0.373 e. The molecule has 0 aromatic rings. The van der Waals surface area contributed by atoms with Gasteiger partial charge in [-0.1, -0.05) is 0 Å². The molecule has 2 nitrogen and oxygen atoms in total. The summed E-state index contributed by atoms with van der Waals surface area (Å²) in [5.74, 6) is -36.8. The highest BCUT2D eigenvalue weighted by Gasteiger charge is 2.90. The summed E-state index contributed by atoms with van der Waals surface area (Å²) in [5, 5.41) is 0. The molecule has 0 aromatic heterocycles. The van der Waals surface area contributed by atoms with Crippen LogP contribution in [0.2, 0.25) is 0 Å². The van der Waals surface area contributed by atoms with E-state index >= 15 is 0 Å². The van der Waals surface area contributed by atoms with Crippen molar-refractivity contribution in [2.45, 2.75) is 46.7 Å². The van der Waals surface area contributed by atoms with E-state index in [1.54, 1.807) is 0 Å². The van der Waals surface area contributed by atoms with Crippen molar-refractivity contribution in [1.29, 1.82) is 0 Å². The molecule has 0 radical (unpaired) electrons. The Morgan fingerprint density at radius 2 is 1.11 bits per heavy atom. The fraction of sp³-hybridized carbons (Fsp3) is 1.00. The van der Waals surface area contributed by atoms with Gasteiger partial charge in [-0.2, -0.15) is 57.1 Å². The molecule has 0 saturated carbocycles. The van der Waals surface area contributed by atoms with Crippen LogP contribution in [0.1, 0.15) is 6.42 Å². The molecule has 27 heavy (non-hydrogen) atoms. The molecule has 1 aliphatic rings. The summed E-state index contributed by atoms with van der Waals surface area (Å²) in [6, 6.07) is 0. The Labute approximate surface area is 150 Å². The van der Waals surface area contributed by atoms with Crippen molar-refractivity contribution in [1.82, 2.24) is 0 Å². The van der Waals surface area contributed by atoms with Crippen LogP contribution in [0.25, 0.3) is 0 Å². The predicted molar refractivity (Wildman–Crippen MR) is 63.8 cm³/mol. The van der Waals surface area contributed by atoms with Crippen LogP contribution in [-0.4, -0.2) is 60.1 Å². The van der Waals surface area contributed by atoms with Crippen LogP contribution in [-0.2, 0) is 9.47 Å². The summed E-state index contributed by atoms with van der Waals surface area (Å²) in [5.41, 5.74) is 0. The molecular weight excluding hydrogens is 491 g/mol. The highest BCUT2D eigenvalue weighted by atomic mass is 79.9. The molecule has 1 rings (SSSR count). The van der Waals surface area contributed by atoms with Gasteiger partial charge < -0.3 is 9.47 Å². The molecule has 0 aromatic carbocycles. The van der Waals surface area contributed by atoms with E-state index in [4.69, 9.17) is 0 Å². The van der Waals surface area contributed by atoms with E-state index in [2.05, 4.69) is 25.4 Å². The van der Waals surface area contributed by atoms with Crippen LogP contribution in [0.4, 0.5) is 57.1 Å². The van der Waals surface area contributed by atoms with Crippen LogP contribution in [0.5, 0.6) is 0 Å². The van der Waals surface area contributed by atoms with E-state index < -0.39 is 53.3 Å². The van der Waals surface area contributed by atoms with Crippen LogP contribution >= 0.6 is 15.9 Å². The molecule has 0 N–H and O–H groups in total. The molecule has 0 amide bonds. The van der Waals surface area contributed by atoms with Gasteiger partial charge in [0.2, 0.25) is 0 Å². The topological polar surface area (TPSA) is 18.5 Å². The smallest absolute Gasteiger partial charge is 0.373 e. The van der Waals surface area contributed by atoms with E-state index in [9.17, 15) is 57.1 Å². The number of rotatable bonds is 8. The minimum atomic E-state index is -7.88. The maximum absolute atomic E-state index is 13.4. The van der Waals surface area contributed by atoms with Gasteiger partial charge in [0.1, 0.15) is 0 Å². The average Bonchev–Trinajstić information content (AvgIpc) is 2.43. The van der Waals surface area contributed by atoms with Crippen molar-refractivity contribution in [3.8, 4) is 0 Å². The molecule has 0 bridgehead atoms. The van der Waals surface area contributed by atoms with Gasteiger partial charge in [0.25, 0.3) is 0 Å². The fourth-order valence-corrected chi connectivity index (χ4v) is 2.15. The Kier molecular flexibility index (Phi) is 6.16. The lowest BCUT2D eigenvalue weighted by Crippen LogP contribution is -2.70. The quantitative estimate of drug-likeness (QED) is 0.336. The largest absolute Gasteiger partial charge is 0.460 e. The van der Waals surface area contributed by atoms with E-state index in [1.165, 1.54) is 0 Å². The van der Waals surface area contributed by atoms with Crippen molar-refractivity contribution < 1.29 is 66.5 Å². The van der Waals surface area contributed by atoms with Gasteiger partial charge in [-0.15, -0.1) is 0 Å². The maximum atomic E-state index is 13.4. The summed E-state index contributed by atoms with van der Waals surface area (Å²) in [4.78, 5) is 0. The Bertz CT molecular complexity index is 541. The molecule has 0 spiro atoms. The second-order valence-corrected chi connectivity index (χ2v) is 6.92. The van der Waals surface area contributed by atoms with Crippen molar-refractivity contribution in [2.75, 3.05) is 19.8 Å². The van der Waals surface area contributed by atoms with Gasteiger partial charge in [0, 0.05) is 6.42 Å². The summed E-state index contributed by atoms with van der Waals surface area (Å²) >= 11 is 2.73. The van der Waals surface area contributed by atoms with Crippen LogP contribution < -0.4 is 0 Å². The predicted octanol–water partition coefficient (Wildman–Crippen LogP) is 5.25. The number of hydrogen-bond acceptors (Lipinski definition) is 2. The van der Waals surface area contributed by atoms with Crippen LogP contribution in [0.15, 0.2) is 0 Å². The van der Waals surface area contributed by atoms with Gasteiger partial charge in [-0.3, -0.25) is 0 Å². The van der Waals surface area contributed by atoms with Gasteiger partial charge in [-0.25, -0.2) is 0 Å². The number of halogens is 14. The molecule has 0 unspecified atom stereocenters. The summed E-state index contributed by atoms with van der Waals surface area (Å²) in [6.07, 6.45) is -9.81. The third-order valence-electron chi connectivity index (χ3n) is 3.41. The second kappa shape index (κ2) is 6.78. The molecule has 1 heterocycles. The number of hydrogen-bond donors (Lipinski definition) is 0.